The fourth-order valence-electron chi connectivity index (χ4n) is 7.20. The van der Waals surface area contributed by atoms with Crippen LogP contribution in [0.25, 0.3) is 11.1 Å². The second-order valence-electron chi connectivity index (χ2n) is 13.7. The minimum atomic E-state index is -0.472. The average Bonchev–Trinajstić information content (AvgIpc) is 3.28. The number of benzene rings is 2. The highest BCUT2D eigenvalue weighted by Gasteiger charge is 2.41. The quantitative estimate of drug-likeness (QED) is 0.0707. The average molecular weight is 635 g/mol. The molecule has 1 heterocycles. The highest BCUT2D eigenvalue weighted by atomic mass is 16.6. The molecule has 0 fully saturated rings. The van der Waals surface area contributed by atoms with Gasteiger partial charge in [-0.1, -0.05) is 108 Å². The molecule has 252 valence electrons. The summed E-state index contributed by atoms with van der Waals surface area (Å²) in [6.45, 7) is 6.17. The summed E-state index contributed by atoms with van der Waals surface area (Å²) in [6, 6.07) is 10.1. The van der Waals surface area contributed by atoms with Crippen molar-refractivity contribution in [1.29, 1.82) is 0 Å². The molecule has 0 radical (unpaired) electrons. The zero-order valence-corrected chi connectivity index (χ0v) is 28.8. The Morgan fingerprint density at radius 3 is 2.02 bits per heavy atom. The summed E-state index contributed by atoms with van der Waals surface area (Å²) in [6.07, 6.45) is 19.5. The van der Waals surface area contributed by atoms with Gasteiger partial charge in [-0.15, -0.1) is 0 Å². The number of likely N-dealkylation sites (N-methyl/N-ethyl adjacent to an activating group) is 1. The van der Waals surface area contributed by atoms with Gasteiger partial charge in [-0.3, -0.25) is 18.9 Å². The molecule has 0 amide bonds. The van der Waals surface area contributed by atoms with Crippen LogP contribution in [0.1, 0.15) is 127 Å². The summed E-state index contributed by atoms with van der Waals surface area (Å²) in [5, 5.41) is 0. The number of hydrogen-bond acceptors (Lipinski definition) is 6. The van der Waals surface area contributed by atoms with Gasteiger partial charge in [0.05, 0.1) is 19.6 Å². The monoisotopic (exact) mass is 634 g/mol. The normalized spacial score (nSPS) is 18.2. The molecule has 46 heavy (non-hydrogen) atoms. The van der Waals surface area contributed by atoms with Crippen LogP contribution in [0, 0.1) is 0 Å². The largest absolute Gasteiger partial charge is 0.423 e. The number of unbranched alkanes of at least 4 members (excludes halogenated alkanes) is 12. The molecule has 2 aliphatic rings. The van der Waals surface area contributed by atoms with Gasteiger partial charge in [-0.2, -0.15) is 0 Å². The molecule has 1 aliphatic heterocycles. The minimum absolute atomic E-state index is 0.109. The van der Waals surface area contributed by atoms with E-state index in [-0.39, 0.29) is 17.8 Å². The Morgan fingerprint density at radius 2 is 1.39 bits per heavy atom. The number of carbonyl (C=O) groups excluding carboxylic acids is 3. The number of rotatable bonds is 18. The van der Waals surface area contributed by atoms with E-state index in [2.05, 4.69) is 26.1 Å². The topological polar surface area (TPSA) is 78.9 Å². The lowest BCUT2D eigenvalue weighted by Gasteiger charge is -2.39. The Balaban J connectivity index is 1.32. The van der Waals surface area contributed by atoms with Gasteiger partial charge in [-0.05, 0) is 34.7 Å². The van der Waals surface area contributed by atoms with E-state index < -0.39 is 11.9 Å². The second-order valence-corrected chi connectivity index (χ2v) is 13.7. The Morgan fingerprint density at radius 1 is 0.761 bits per heavy atom. The van der Waals surface area contributed by atoms with Crippen molar-refractivity contribution in [2.45, 2.75) is 136 Å². The van der Waals surface area contributed by atoms with Crippen LogP contribution >= 0.6 is 0 Å². The van der Waals surface area contributed by atoms with E-state index in [1.807, 2.05) is 12.1 Å². The Bertz CT molecular complexity index is 1340. The molecule has 2 aromatic carbocycles. The van der Waals surface area contributed by atoms with Crippen molar-refractivity contribution in [3.8, 4) is 22.6 Å². The Kier molecular flexibility index (Phi) is 13.7. The highest BCUT2D eigenvalue weighted by Crippen LogP contribution is 2.47. The van der Waals surface area contributed by atoms with E-state index in [9.17, 15) is 14.4 Å². The van der Waals surface area contributed by atoms with Gasteiger partial charge in [0.1, 0.15) is 0 Å². The molecular weight excluding hydrogens is 578 g/mol. The number of esters is 3. The van der Waals surface area contributed by atoms with E-state index in [4.69, 9.17) is 14.2 Å². The molecule has 4 rings (SSSR count). The lowest BCUT2D eigenvalue weighted by Crippen LogP contribution is -2.55. The van der Waals surface area contributed by atoms with Crippen molar-refractivity contribution in [3.05, 3.63) is 47.0 Å². The van der Waals surface area contributed by atoms with Crippen molar-refractivity contribution < 1.29 is 33.1 Å². The SMILES string of the molecule is CCCCCCCCCCCCCCCC(=O)OC[N+]1(C)CCc2cccc3c2C[C@@H]1Cc1ccc(OC(C)=O)c(OC(C)=O)c1-3. The number of nitrogens with zero attached hydrogens (tertiary/aromatic N) is 1. The number of hydrogen-bond donors (Lipinski definition) is 0. The van der Waals surface area contributed by atoms with Crippen molar-refractivity contribution in [3.63, 3.8) is 0 Å². The first kappa shape index (κ1) is 35.7. The molecule has 0 N–H and O–H groups in total. The van der Waals surface area contributed by atoms with E-state index in [1.54, 1.807) is 6.07 Å². The number of ether oxygens (including phenoxy) is 3. The van der Waals surface area contributed by atoms with Gasteiger partial charge < -0.3 is 14.2 Å². The van der Waals surface area contributed by atoms with E-state index in [0.717, 1.165) is 48.9 Å². The Hall–Kier alpha value is -3.19. The van der Waals surface area contributed by atoms with Gasteiger partial charge in [0.2, 0.25) is 6.73 Å². The highest BCUT2D eigenvalue weighted by molar-refractivity contribution is 5.85. The van der Waals surface area contributed by atoms with Gasteiger partial charge in [0.15, 0.2) is 11.5 Å². The fraction of sp³-hybridized carbons (Fsp3) is 0.615. The third-order valence-electron chi connectivity index (χ3n) is 9.92. The smallest absolute Gasteiger partial charge is 0.310 e. The number of quaternary nitrogens is 1. The summed E-state index contributed by atoms with van der Waals surface area (Å²) < 4.78 is 17.8. The maximum absolute atomic E-state index is 12.9. The predicted octanol–water partition coefficient (Wildman–Crippen LogP) is 8.66. The summed E-state index contributed by atoms with van der Waals surface area (Å²) in [4.78, 5) is 36.9. The van der Waals surface area contributed by atoms with Gasteiger partial charge in [0, 0.05) is 45.1 Å². The molecule has 1 unspecified atom stereocenters. The van der Waals surface area contributed by atoms with E-state index in [0.29, 0.717) is 29.8 Å². The molecule has 0 saturated carbocycles. The van der Waals surface area contributed by atoms with E-state index in [1.165, 1.54) is 95.6 Å². The van der Waals surface area contributed by atoms with Crippen molar-refractivity contribution >= 4 is 17.9 Å². The predicted molar refractivity (Wildman–Crippen MR) is 182 cm³/mol. The standard InChI is InChI=1S/C39H56NO6/c1-5-6-7-8-9-10-11-12-13-14-15-16-17-21-37(43)44-28-40(4)25-24-31-19-18-20-34-35(31)27-33(40)26-32-22-23-36(45-29(2)41)39(38(32)34)46-30(3)42/h18-20,22-23,33H,5-17,21,24-28H2,1-4H3/q+1/t33-,40?/m0/s1. The van der Waals surface area contributed by atoms with Crippen molar-refractivity contribution in [2.75, 3.05) is 20.3 Å². The molecule has 7 nitrogen and oxygen atoms in total. The Labute approximate surface area is 276 Å². The van der Waals surface area contributed by atoms with Crippen LogP contribution in [0.2, 0.25) is 0 Å². The van der Waals surface area contributed by atoms with Crippen molar-refractivity contribution in [2.24, 2.45) is 0 Å². The van der Waals surface area contributed by atoms with Gasteiger partial charge >= 0.3 is 17.9 Å². The third kappa shape index (κ3) is 9.90. The number of carbonyl (C=O) groups is 3. The van der Waals surface area contributed by atoms with Gasteiger partial charge in [0.25, 0.3) is 0 Å². The molecule has 2 atom stereocenters. The molecule has 0 spiro atoms. The molecule has 0 saturated heterocycles. The molecule has 0 aromatic heterocycles. The third-order valence-corrected chi connectivity index (χ3v) is 9.92. The van der Waals surface area contributed by atoms with Crippen LogP contribution in [0.4, 0.5) is 0 Å². The first-order valence-electron chi connectivity index (χ1n) is 17.9. The van der Waals surface area contributed by atoms with Crippen molar-refractivity contribution in [1.82, 2.24) is 0 Å². The molecular formula is C39H56NO6+. The minimum Gasteiger partial charge on any atom is -0.423 e. The summed E-state index contributed by atoms with van der Waals surface area (Å²) in [5.74, 6) is -0.517. The summed E-state index contributed by atoms with van der Waals surface area (Å²) in [7, 11) is 2.19. The summed E-state index contributed by atoms with van der Waals surface area (Å²) >= 11 is 0. The maximum Gasteiger partial charge on any atom is 0.310 e. The molecule has 2 bridgehead atoms. The van der Waals surface area contributed by atoms with Crippen LogP contribution in [0.15, 0.2) is 30.3 Å². The van der Waals surface area contributed by atoms with Crippen LogP contribution in [-0.4, -0.2) is 48.8 Å². The zero-order chi connectivity index (χ0) is 32.9. The molecule has 7 heteroatoms. The van der Waals surface area contributed by atoms with Crippen LogP contribution in [0.3, 0.4) is 0 Å². The van der Waals surface area contributed by atoms with Gasteiger partial charge in [-0.25, -0.2) is 0 Å². The molecule has 2 aromatic rings. The van der Waals surface area contributed by atoms with Crippen LogP contribution < -0.4 is 9.47 Å². The fourth-order valence-corrected chi connectivity index (χ4v) is 7.20. The lowest BCUT2D eigenvalue weighted by molar-refractivity contribution is -0.947. The maximum atomic E-state index is 12.9. The zero-order valence-electron chi connectivity index (χ0n) is 28.8. The van der Waals surface area contributed by atoms with Crippen LogP contribution in [0.5, 0.6) is 11.5 Å². The first-order chi connectivity index (χ1) is 22.2. The first-order valence-corrected chi connectivity index (χ1v) is 17.9. The lowest BCUT2D eigenvalue weighted by atomic mass is 9.91. The molecule has 1 aliphatic carbocycles. The number of fused-ring (bicyclic) bond motifs is 3. The van der Waals surface area contributed by atoms with Crippen LogP contribution in [-0.2, 0) is 38.4 Å². The summed E-state index contributed by atoms with van der Waals surface area (Å²) in [5.41, 5.74) is 5.31. The second kappa shape index (κ2) is 17.7. The van der Waals surface area contributed by atoms with E-state index >= 15 is 0 Å².